The predicted octanol–water partition coefficient (Wildman–Crippen LogP) is 6.83. The lowest BCUT2D eigenvalue weighted by molar-refractivity contribution is -0.231. The summed E-state index contributed by atoms with van der Waals surface area (Å²) in [6.45, 7) is 5.02. The van der Waals surface area contributed by atoms with Gasteiger partial charge in [0.25, 0.3) is 0 Å². The number of nitrogens with zero attached hydrogens (tertiary/aromatic N) is 1. The van der Waals surface area contributed by atoms with Crippen LogP contribution in [-0.2, 0) is 22.2 Å². The zero-order valence-corrected chi connectivity index (χ0v) is 19.1. The van der Waals surface area contributed by atoms with Crippen molar-refractivity contribution < 1.29 is 27.0 Å². The topological polar surface area (TPSA) is 21.7 Å². The summed E-state index contributed by atoms with van der Waals surface area (Å²) in [5.41, 5.74) is 2.15. The standard InChI is InChI=1S/C27H27F4NO2/c1-18-14-22(16-23(15-18)27(29,30)31)19(2)34-26-25(21-8-10-24(28)11-9-21)32(12-13-33-26)17-20-6-4-3-5-7-20/h3-11,14-16,19,25-26H,12-13,17H2,1-2H3. The zero-order valence-electron chi connectivity index (χ0n) is 19.1. The molecule has 7 heteroatoms. The van der Waals surface area contributed by atoms with Gasteiger partial charge in [0, 0.05) is 13.1 Å². The molecule has 0 aromatic heterocycles. The molecule has 0 spiro atoms. The highest BCUT2D eigenvalue weighted by atomic mass is 19.4. The van der Waals surface area contributed by atoms with Gasteiger partial charge in [0.1, 0.15) is 5.82 Å². The van der Waals surface area contributed by atoms with E-state index < -0.39 is 24.1 Å². The quantitative estimate of drug-likeness (QED) is 0.366. The molecule has 3 nitrogen and oxygen atoms in total. The third-order valence-corrected chi connectivity index (χ3v) is 5.99. The highest BCUT2D eigenvalue weighted by molar-refractivity contribution is 5.32. The highest BCUT2D eigenvalue weighted by Crippen LogP contribution is 2.37. The third kappa shape index (κ3) is 5.84. The van der Waals surface area contributed by atoms with E-state index in [1.54, 1.807) is 32.0 Å². The number of hydrogen-bond acceptors (Lipinski definition) is 3. The molecule has 0 saturated carbocycles. The van der Waals surface area contributed by atoms with Crippen molar-refractivity contribution in [3.05, 3.63) is 106 Å². The Bertz CT molecular complexity index is 1090. The summed E-state index contributed by atoms with van der Waals surface area (Å²) in [5, 5.41) is 0. The smallest absolute Gasteiger partial charge is 0.349 e. The number of aryl methyl sites for hydroxylation is 1. The molecule has 3 aromatic rings. The van der Waals surface area contributed by atoms with Gasteiger partial charge in [-0.3, -0.25) is 4.90 Å². The van der Waals surface area contributed by atoms with Crippen LogP contribution in [-0.4, -0.2) is 24.3 Å². The van der Waals surface area contributed by atoms with Crippen LogP contribution in [0.3, 0.4) is 0 Å². The van der Waals surface area contributed by atoms with Gasteiger partial charge in [-0.05, 0) is 54.8 Å². The second-order valence-electron chi connectivity index (χ2n) is 8.60. The van der Waals surface area contributed by atoms with Gasteiger partial charge in [-0.1, -0.05) is 54.1 Å². The van der Waals surface area contributed by atoms with E-state index >= 15 is 0 Å². The van der Waals surface area contributed by atoms with Crippen LogP contribution in [0.15, 0.2) is 72.8 Å². The maximum Gasteiger partial charge on any atom is 0.416 e. The minimum atomic E-state index is -4.44. The molecule has 34 heavy (non-hydrogen) atoms. The summed E-state index contributed by atoms with van der Waals surface area (Å²) in [5.74, 6) is -0.347. The molecule has 3 aromatic carbocycles. The molecule has 0 radical (unpaired) electrons. The van der Waals surface area contributed by atoms with Gasteiger partial charge in [0.05, 0.1) is 24.3 Å². The fourth-order valence-electron chi connectivity index (χ4n) is 4.32. The number of halogens is 4. The minimum Gasteiger partial charge on any atom is -0.349 e. The van der Waals surface area contributed by atoms with Crippen molar-refractivity contribution in [2.24, 2.45) is 0 Å². The first-order chi connectivity index (χ1) is 16.2. The summed E-state index contributed by atoms with van der Waals surface area (Å²) in [7, 11) is 0. The van der Waals surface area contributed by atoms with Crippen LogP contribution in [0, 0.1) is 12.7 Å². The molecule has 3 atom stereocenters. The van der Waals surface area contributed by atoms with Crippen molar-refractivity contribution in [2.45, 2.75) is 45.0 Å². The van der Waals surface area contributed by atoms with E-state index in [0.717, 1.165) is 23.3 Å². The van der Waals surface area contributed by atoms with Crippen molar-refractivity contribution in [2.75, 3.05) is 13.2 Å². The molecule has 0 N–H and O–H groups in total. The predicted molar refractivity (Wildman–Crippen MR) is 121 cm³/mol. The molecule has 1 heterocycles. The lowest BCUT2D eigenvalue weighted by atomic mass is 10.0. The molecule has 0 bridgehead atoms. The molecule has 1 saturated heterocycles. The van der Waals surface area contributed by atoms with Crippen molar-refractivity contribution in [1.82, 2.24) is 4.90 Å². The average Bonchev–Trinajstić information content (AvgIpc) is 2.80. The SMILES string of the molecule is Cc1cc(C(C)OC2OCCN(Cc3ccccc3)C2c2ccc(F)cc2)cc(C(F)(F)F)c1. The molecule has 1 aliphatic rings. The molecule has 0 aliphatic carbocycles. The normalized spacial score (nSPS) is 20.3. The van der Waals surface area contributed by atoms with Gasteiger partial charge in [0.15, 0.2) is 6.29 Å². The van der Waals surface area contributed by atoms with E-state index in [0.29, 0.717) is 30.8 Å². The van der Waals surface area contributed by atoms with Crippen LogP contribution in [0.4, 0.5) is 17.6 Å². The Kier molecular flexibility index (Phi) is 7.36. The molecule has 3 unspecified atom stereocenters. The van der Waals surface area contributed by atoms with Crippen molar-refractivity contribution in [3.63, 3.8) is 0 Å². The maximum absolute atomic E-state index is 13.6. The second-order valence-corrected chi connectivity index (χ2v) is 8.60. The summed E-state index contributed by atoms with van der Waals surface area (Å²) >= 11 is 0. The first-order valence-corrected chi connectivity index (χ1v) is 11.2. The van der Waals surface area contributed by atoms with E-state index in [-0.39, 0.29) is 11.9 Å². The van der Waals surface area contributed by atoms with E-state index in [4.69, 9.17) is 9.47 Å². The Hall–Kier alpha value is -2.74. The molecular formula is C27H27F4NO2. The van der Waals surface area contributed by atoms with Crippen LogP contribution in [0.2, 0.25) is 0 Å². The summed E-state index contributed by atoms with van der Waals surface area (Å²) in [4.78, 5) is 2.20. The second kappa shape index (κ2) is 10.3. The van der Waals surface area contributed by atoms with E-state index in [1.165, 1.54) is 12.1 Å². The minimum absolute atomic E-state index is 0.347. The maximum atomic E-state index is 13.6. The van der Waals surface area contributed by atoms with E-state index in [2.05, 4.69) is 4.90 Å². The van der Waals surface area contributed by atoms with Crippen LogP contribution in [0.5, 0.6) is 0 Å². The lowest BCUT2D eigenvalue weighted by Gasteiger charge is -2.42. The fourth-order valence-corrected chi connectivity index (χ4v) is 4.32. The van der Waals surface area contributed by atoms with Gasteiger partial charge in [-0.15, -0.1) is 0 Å². The zero-order chi connectivity index (χ0) is 24.3. The van der Waals surface area contributed by atoms with Crippen LogP contribution >= 0.6 is 0 Å². The number of rotatable bonds is 6. The first-order valence-electron chi connectivity index (χ1n) is 11.2. The van der Waals surface area contributed by atoms with Crippen LogP contribution < -0.4 is 0 Å². The van der Waals surface area contributed by atoms with Crippen molar-refractivity contribution >= 4 is 0 Å². The number of morpholine rings is 1. The van der Waals surface area contributed by atoms with Gasteiger partial charge in [-0.25, -0.2) is 4.39 Å². The van der Waals surface area contributed by atoms with Crippen molar-refractivity contribution in [3.8, 4) is 0 Å². The fraction of sp³-hybridized carbons (Fsp3) is 0.333. The van der Waals surface area contributed by atoms with Crippen LogP contribution in [0.1, 0.15) is 46.9 Å². The molecule has 1 aliphatic heterocycles. The largest absolute Gasteiger partial charge is 0.416 e. The van der Waals surface area contributed by atoms with Crippen molar-refractivity contribution in [1.29, 1.82) is 0 Å². The molecule has 180 valence electrons. The van der Waals surface area contributed by atoms with E-state index in [9.17, 15) is 17.6 Å². The summed E-state index contributed by atoms with van der Waals surface area (Å²) < 4.78 is 65.9. The van der Waals surface area contributed by atoms with Gasteiger partial charge >= 0.3 is 6.18 Å². The van der Waals surface area contributed by atoms with Crippen LogP contribution in [0.25, 0.3) is 0 Å². The Balaban J connectivity index is 1.62. The summed E-state index contributed by atoms with van der Waals surface area (Å²) in [6.07, 6.45) is -5.83. The molecule has 0 amide bonds. The number of ether oxygens (including phenoxy) is 2. The summed E-state index contributed by atoms with van der Waals surface area (Å²) in [6, 6.07) is 19.7. The van der Waals surface area contributed by atoms with Gasteiger partial charge in [-0.2, -0.15) is 13.2 Å². The number of benzene rings is 3. The molecular weight excluding hydrogens is 446 g/mol. The highest BCUT2D eigenvalue weighted by Gasteiger charge is 2.36. The Morgan fingerprint density at radius 2 is 1.74 bits per heavy atom. The number of alkyl halides is 3. The molecule has 4 rings (SSSR count). The third-order valence-electron chi connectivity index (χ3n) is 5.99. The Morgan fingerprint density at radius 3 is 2.41 bits per heavy atom. The first kappa shape index (κ1) is 24.4. The van der Waals surface area contributed by atoms with E-state index in [1.807, 2.05) is 30.3 Å². The monoisotopic (exact) mass is 473 g/mol. The lowest BCUT2D eigenvalue weighted by Crippen LogP contribution is -2.46. The number of hydrogen-bond donors (Lipinski definition) is 0. The molecule has 1 fully saturated rings. The van der Waals surface area contributed by atoms with Gasteiger partial charge < -0.3 is 9.47 Å². The van der Waals surface area contributed by atoms with Gasteiger partial charge in [0.2, 0.25) is 0 Å². The Labute approximate surface area is 196 Å². The Morgan fingerprint density at radius 1 is 1.03 bits per heavy atom. The average molecular weight is 474 g/mol.